The van der Waals surface area contributed by atoms with Crippen molar-refractivity contribution in [3.63, 3.8) is 0 Å². The van der Waals surface area contributed by atoms with E-state index in [1.165, 1.54) is 12.8 Å². The molecule has 0 saturated carbocycles. The molecule has 0 radical (unpaired) electrons. The molecule has 0 aromatic rings. The van der Waals surface area contributed by atoms with E-state index >= 15 is 0 Å². The van der Waals surface area contributed by atoms with Crippen molar-refractivity contribution in [1.82, 2.24) is 0 Å². The molecule has 0 amide bonds. The van der Waals surface area contributed by atoms with Gasteiger partial charge in [-0.3, -0.25) is 0 Å². The Hall–Kier alpha value is 1.02. The first kappa shape index (κ1) is 19.0. The van der Waals surface area contributed by atoms with Gasteiger partial charge < -0.3 is 34.0 Å². The van der Waals surface area contributed by atoms with Crippen LogP contribution >= 0.6 is 0 Å². The van der Waals surface area contributed by atoms with Crippen LogP contribution in [0.25, 0.3) is 0 Å². The number of hydrogen-bond acceptors (Lipinski definition) is 0. The Bertz CT molecular complexity index is 440. The van der Waals surface area contributed by atoms with Crippen LogP contribution in [0, 0.1) is 0 Å². The summed E-state index contributed by atoms with van der Waals surface area (Å²) in [6.45, 7) is 9.72. The van der Waals surface area contributed by atoms with Crippen LogP contribution < -0.4 is 34.0 Å². The van der Waals surface area contributed by atoms with Crippen molar-refractivity contribution in [2.45, 2.75) is 39.8 Å². The molecular formula is C14H20Br2SiZr. The fourth-order valence-electron chi connectivity index (χ4n) is 2.61. The summed E-state index contributed by atoms with van der Waals surface area (Å²) in [6, 6.07) is 0. The maximum atomic E-state index is 2.54. The standard InChI is InChI=1S/2C6H7.C2H6Si.2BrH.Zr/c2*1-6-4-2-3-5-6;1-3-2;;;/h2*2,4H,3H2,1H3;1-2H3;2*1H;/q;;;;;+2/p-2. The first-order valence-corrected chi connectivity index (χ1v) is 14.7. The molecule has 0 nitrogen and oxygen atoms in total. The molecule has 0 fully saturated rings. The maximum absolute atomic E-state index is 2.54. The number of hydrogen-bond donors (Lipinski definition) is 0. The van der Waals surface area contributed by atoms with Crippen LogP contribution in [0.4, 0.5) is 0 Å². The monoisotopic (exact) mass is 464 g/mol. The minimum absolute atomic E-state index is 0. The first-order chi connectivity index (χ1) is 7.61. The molecule has 0 aromatic carbocycles. The van der Waals surface area contributed by atoms with Gasteiger partial charge in [-0.2, -0.15) is 0 Å². The third-order valence-electron chi connectivity index (χ3n) is 3.44. The molecule has 0 spiro atoms. The van der Waals surface area contributed by atoms with Gasteiger partial charge in [-0.25, -0.2) is 0 Å². The summed E-state index contributed by atoms with van der Waals surface area (Å²) in [5, 5.41) is 0. The van der Waals surface area contributed by atoms with Crippen molar-refractivity contribution in [3.8, 4) is 0 Å². The Kier molecular flexibility index (Phi) is 8.81. The van der Waals surface area contributed by atoms with Crippen LogP contribution in [-0.2, 0) is 20.4 Å². The summed E-state index contributed by atoms with van der Waals surface area (Å²) in [5.41, 5.74) is 3.11. The number of rotatable bonds is 2. The average Bonchev–Trinajstić information content (AvgIpc) is 2.79. The van der Waals surface area contributed by atoms with E-state index in [9.17, 15) is 0 Å². The van der Waals surface area contributed by atoms with Gasteiger partial charge in [0.1, 0.15) is 0 Å². The van der Waals surface area contributed by atoms with Gasteiger partial charge in [-0.05, 0) is 0 Å². The van der Waals surface area contributed by atoms with Crippen LogP contribution in [0.2, 0.25) is 13.1 Å². The fourth-order valence-corrected chi connectivity index (χ4v) is 21.1. The van der Waals surface area contributed by atoms with E-state index in [1.807, 2.05) is 6.56 Å². The largest absolute Gasteiger partial charge is 1.00 e. The van der Waals surface area contributed by atoms with Crippen molar-refractivity contribution >= 4 is 5.43 Å². The predicted octanol–water partition coefficient (Wildman–Crippen LogP) is -1.67. The topological polar surface area (TPSA) is 0 Å². The van der Waals surface area contributed by atoms with Gasteiger partial charge in [-0.1, -0.05) is 0 Å². The van der Waals surface area contributed by atoms with Gasteiger partial charge in [0, 0.05) is 0 Å². The van der Waals surface area contributed by atoms with Crippen molar-refractivity contribution in [1.29, 1.82) is 0 Å². The normalized spacial score (nSPS) is 16.4. The molecule has 0 aromatic heterocycles. The SMILES string of the molecule is CC1=[C]([Zr+2]([C]2=C(C)C=CC2)=[Si](C)C)CC=C1.[Br-].[Br-]. The maximum Gasteiger partial charge on any atom is -1.00 e. The molecule has 0 heterocycles. The third kappa shape index (κ3) is 4.01. The van der Waals surface area contributed by atoms with Crippen LogP contribution in [0.15, 0.2) is 42.0 Å². The Morgan fingerprint density at radius 3 is 1.50 bits per heavy atom. The van der Waals surface area contributed by atoms with E-state index in [2.05, 4.69) is 51.2 Å². The Morgan fingerprint density at radius 1 is 0.889 bits per heavy atom. The van der Waals surface area contributed by atoms with Gasteiger partial charge in [-0.15, -0.1) is 0 Å². The van der Waals surface area contributed by atoms with E-state index < -0.39 is 20.4 Å². The zero-order valence-electron chi connectivity index (χ0n) is 11.5. The Balaban J connectivity index is 0.00000144. The summed E-state index contributed by atoms with van der Waals surface area (Å²) in [7, 11) is 0. The summed E-state index contributed by atoms with van der Waals surface area (Å²) in [6.07, 6.45) is 12.0. The molecule has 0 N–H and O–H groups in total. The molecule has 2 aliphatic rings. The molecule has 18 heavy (non-hydrogen) atoms. The van der Waals surface area contributed by atoms with Gasteiger partial charge >= 0.3 is 108 Å². The van der Waals surface area contributed by atoms with E-state index in [4.69, 9.17) is 0 Å². The molecule has 0 atom stereocenters. The van der Waals surface area contributed by atoms with Gasteiger partial charge in [0.15, 0.2) is 0 Å². The minimum Gasteiger partial charge on any atom is -1.00 e. The van der Waals surface area contributed by atoms with Gasteiger partial charge in [0.05, 0.1) is 0 Å². The summed E-state index contributed by atoms with van der Waals surface area (Å²) >= 11 is -1.44. The van der Waals surface area contributed by atoms with Crippen LogP contribution in [0.1, 0.15) is 26.7 Å². The summed E-state index contributed by atoms with van der Waals surface area (Å²) < 4.78 is 3.78. The Morgan fingerprint density at radius 2 is 1.28 bits per heavy atom. The van der Waals surface area contributed by atoms with Crippen molar-refractivity contribution in [2.75, 3.05) is 0 Å². The zero-order chi connectivity index (χ0) is 11.7. The van der Waals surface area contributed by atoms with Gasteiger partial charge in [0.25, 0.3) is 0 Å². The first-order valence-electron chi connectivity index (χ1n) is 6.02. The second-order valence-electron chi connectivity index (χ2n) is 4.91. The van der Waals surface area contributed by atoms with Crippen LogP contribution in [0.5, 0.6) is 0 Å². The summed E-state index contributed by atoms with van der Waals surface area (Å²) in [5.74, 6) is 0. The molecule has 0 aliphatic heterocycles. The molecule has 0 bridgehead atoms. The van der Waals surface area contributed by atoms with Gasteiger partial charge in [0.2, 0.25) is 0 Å². The Labute approximate surface area is 140 Å². The van der Waals surface area contributed by atoms with E-state index in [1.54, 1.807) is 11.1 Å². The minimum atomic E-state index is -1.44. The molecule has 0 saturated heterocycles. The number of halogens is 2. The molecule has 2 rings (SSSR count). The van der Waals surface area contributed by atoms with E-state index in [-0.39, 0.29) is 39.4 Å². The molecule has 2 aliphatic carbocycles. The van der Waals surface area contributed by atoms with E-state index in [0.29, 0.717) is 0 Å². The third-order valence-corrected chi connectivity index (χ3v) is 21.3. The smallest absolute Gasteiger partial charge is 1.00 e. The van der Waals surface area contributed by atoms with Crippen molar-refractivity contribution in [3.05, 3.63) is 42.0 Å². The quantitative estimate of drug-likeness (QED) is 0.427. The van der Waals surface area contributed by atoms with E-state index in [0.717, 1.165) is 0 Å². The zero-order valence-corrected chi connectivity index (χ0v) is 18.1. The van der Waals surface area contributed by atoms with Crippen molar-refractivity contribution < 1.29 is 54.3 Å². The summed E-state index contributed by atoms with van der Waals surface area (Å²) in [4.78, 5) is 0. The second kappa shape index (κ2) is 8.34. The molecule has 4 heteroatoms. The number of allylic oxidation sites excluding steroid dienone is 8. The molecule has 98 valence electrons. The van der Waals surface area contributed by atoms with Crippen LogP contribution in [-0.4, -0.2) is 5.43 Å². The average molecular weight is 467 g/mol. The van der Waals surface area contributed by atoms with Crippen molar-refractivity contribution in [2.24, 2.45) is 0 Å². The van der Waals surface area contributed by atoms with Crippen LogP contribution in [0.3, 0.4) is 0 Å². The molecular weight excluding hydrogens is 447 g/mol. The second-order valence-corrected chi connectivity index (χ2v) is 22.1. The fraction of sp³-hybridized carbons (Fsp3) is 0.429. The predicted molar refractivity (Wildman–Crippen MR) is 70.4 cm³/mol. The molecule has 0 unspecified atom stereocenters.